The Bertz CT molecular complexity index is 663. The maximum atomic E-state index is 10.6. The molecule has 0 bridgehead atoms. The number of non-ortho nitro benzene ring substituents is 1. The van der Waals surface area contributed by atoms with Crippen LogP contribution in [-0.2, 0) is 0 Å². The van der Waals surface area contributed by atoms with Crippen molar-refractivity contribution in [3.8, 4) is 6.07 Å². The number of benzene rings is 2. The third-order valence-electron chi connectivity index (χ3n) is 2.45. The van der Waals surface area contributed by atoms with Crippen molar-refractivity contribution in [1.82, 2.24) is 0 Å². The average Bonchev–Trinajstić information content (AvgIpc) is 2.39. The highest BCUT2D eigenvalue weighted by molar-refractivity contribution is 7.99. The number of hydrogen-bond donors (Lipinski definition) is 1. The Morgan fingerprint density at radius 2 is 1.89 bits per heavy atom. The molecular weight excluding hydrogens is 262 g/mol. The first-order chi connectivity index (χ1) is 9.11. The molecule has 2 rings (SSSR count). The quantitative estimate of drug-likeness (QED) is 0.525. The SMILES string of the molecule is N#Cc1c(N)cccc1Sc1ccc([N+](=O)[O-])cc1. The molecule has 0 amide bonds. The summed E-state index contributed by atoms with van der Waals surface area (Å²) >= 11 is 1.35. The van der Waals surface area contributed by atoms with Crippen LogP contribution in [0.4, 0.5) is 11.4 Å². The highest BCUT2D eigenvalue weighted by Crippen LogP contribution is 2.33. The smallest absolute Gasteiger partial charge is 0.269 e. The van der Waals surface area contributed by atoms with Crippen molar-refractivity contribution in [3.63, 3.8) is 0 Å². The van der Waals surface area contributed by atoms with Crippen LogP contribution in [0.1, 0.15) is 5.56 Å². The number of hydrogen-bond acceptors (Lipinski definition) is 5. The van der Waals surface area contributed by atoms with Gasteiger partial charge in [-0.15, -0.1) is 0 Å². The summed E-state index contributed by atoms with van der Waals surface area (Å²) in [5, 5.41) is 19.6. The van der Waals surface area contributed by atoms with E-state index in [1.54, 1.807) is 30.3 Å². The molecule has 0 aliphatic carbocycles. The van der Waals surface area contributed by atoms with Gasteiger partial charge in [0.25, 0.3) is 5.69 Å². The maximum absolute atomic E-state index is 10.6. The van der Waals surface area contributed by atoms with E-state index in [-0.39, 0.29) is 5.69 Å². The summed E-state index contributed by atoms with van der Waals surface area (Å²) in [6.45, 7) is 0. The van der Waals surface area contributed by atoms with Crippen LogP contribution in [0.3, 0.4) is 0 Å². The van der Waals surface area contributed by atoms with E-state index in [1.807, 2.05) is 0 Å². The monoisotopic (exact) mass is 271 g/mol. The molecule has 0 saturated carbocycles. The van der Waals surface area contributed by atoms with Gasteiger partial charge in [-0.25, -0.2) is 0 Å². The molecule has 94 valence electrons. The van der Waals surface area contributed by atoms with Crippen LogP contribution in [-0.4, -0.2) is 4.92 Å². The van der Waals surface area contributed by atoms with Gasteiger partial charge in [0.15, 0.2) is 0 Å². The molecule has 2 aromatic carbocycles. The van der Waals surface area contributed by atoms with Gasteiger partial charge in [0.2, 0.25) is 0 Å². The van der Waals surface area contributed by atoms with Crippen molar-refractivity contribution in [1.29, 1.82) is 5.26 Å². The van der Waals surface area contributed by atoms with Crippen molar-refractivity contribution in [2.45, 2.75) is 9.79 Å². The summed E-state index contributed by atoms with van der Waals surface area (Å²) in [7, 11) is 0. The summed E-state index contributed by atoms with van der Waals surface area (Å²) in [5.41, 5.74) is 6.61. The van der Waals surface area contributed by atoms with Crippen LogP contribution in [0.5, 0.6) is 0 Å². The molecule has 0 atom stereocenters. The highest BCUT2D eigenvalue weighted by Gasteiger charge is 2.09. The summed E-state index contributed by atoms with van der Waals surface area (Å²) in [6, 6.07) is 13.4. The first-order valence-electron chi connectivity index (χ1n) is 5.32. The van der Waals surface area contributed by atoms with Gasteiger partial charge in [0.05, 0.1) is 16.2 Å². The molecule has 2 aromatic rings. The fourth-order valence-corrected chi connectivity index (χ4v) is 2.45. The lowest BCUT2D eigenvalue weighted by Gasteiger charge is -2.05. The number of nitriles is 1. The first-order valence-corrected chi connectivity index (χ1v) is 6.14. The Labute approximate surface area is 113 Å². The van der Waals surface area contributed by atoms with Crippen LogP contribution in [0.2, 0.25) is 0 Å². The van der Waals surface area contributed by atoms with E-state index in [0.717, 1.165) is 9.79 Å². The molecule has 0 aliphatic heterocycles. The number of rotatable bonds is 3. The fraction of sp³-hybridized carbons (Fsp3) is 0. The molecule has 0 heterocycles. The second kappa shape index (κ2) is 5.42. The molecule has 2 N–H and O–H groups in total. The molecule has 0 unspecified atom stereocenters. The van der Waals surface area contributed by atoms with Gasteiger partial charge in [-0.2, -0.15) is 5.26 Å². The van der Waals surface area contributed by atoms with Crippen LogP contribution in [0.15, 0.2) is 52.3 Å². The molecule has 0 radical (unpaired) electrons. The van der Waals surface area contributed by atoms with Crippen LogP contribution >= 0.6 is 11.8 Å². The van der Waals surface area contributed by atoms with E-state index in [1.165, 1.54) is 23.9 Å². The number of nitrogens with two attached hydrogens (primary N) is 1. The van der Waals surface area contributed by atoms with Crippen molar-refractivity contribution < 1.29 is 4.92 Å². The molecule has 6 heteroatoms. The molecule has 0 saturated heterocycles. The van der Waals surface area contributed by atoms with Gasteiger partial charge in [-0.3, -0.25) is 10.1 Å². The van der Waals surface area contributed by atoms with E-state index >= 15 is 0 Å². The van der Waals surface area contributed by atoms with Crippen molar-refractivity contribution >= 4 is 23.1 Å². The minimum Gasteiger partial charge on any atom is -0.398 e. The third-order valence-corrected chi connectivity index (χ3v) is 3.51. The third kappa shape index (κ3) is 2.84. The molecule has 5 nitrogen and oxygen atoms in total. The number of anilines is 1. The molecule has 0 aromatic heterocycles. The zero-order valence-corrected chi connectivity index (χ0v) is 10.6. The number of nitrogen functional groups attached to an aromatic ring is 1. The van der Waals surface area contributed by atoms with Gasteiger partial charge in [-0.05, 0) is 24.3 Å². The largest absolute Gasteiger partial charge is 0.398 e. The van der Waals surface area contributed by atoms with E-state index in [2.05, 4.69) is 6.07 Å². The summed E-state index contributed by atoms with van der Waals surface area (Å²) < 4.78 is 0. The second-order valence-corrected chi connectivity index (χ2v) is 4.80. The molecule has 0 aliphatic rings. The highest BCUT2D eigenvalue weighted by atomic mass is 32.2. The van der Waals surface area contributed by atoms with Gasteiger partial charge < -0.3 is 5.73 Å². The van der Waals surface area contributed by atoms with Crippen molar-refractivity contribution in [2.24, 2.45) is 0 Å². The number of nitro benzene ring substituents is 1. The second-order valence-electron chi connectivity index (χ2n) is 3.69. The minimum atomic E-state index is -0.449. The van der Waals surface area contributed by atoms with Crippen LogP contribution in [0, 0.1) is 21.4 Å². The average molecular weight is 271 g/mol. The van der Waals surface area contributed by atoms with Gasteiger partial charge in [0.1, 0.15) is 6.07 Å². The predicted octanol–water partition coefficient (Wildman–Crippen LogP) is 3.20. The summed E-state index contributed by atoms with van der Waals surface area (Å²) in [5.74, 6) is 0. The van der Waals surface area contributed by atoms with Crippen LogP contribution < -0.4 is 5.73 Å². The standard InChI is InChI=1S/C13H9N3O2S/c14-8-11-12(15)2-1-3-13(11)19-10-6-4-9(5-7-10)16(17)18/h1-7H,15H2. The Morgan fingerprint density at radius 1 is 1.21 bits per heavy atom. The topological polar surface area (TPSA) is 93.0 Å². The number of nitrogens with zero attached hydrogens (tertiary/aromatic N) is 2. The first kappa shape index (κ1) is 12.9. The van der Waals surface area contributed by atoms with Crippen LogP contribution in [0.25, 0.3) is 0 Å². The Kier molecular flexibility index (Phi) is 3.68. The van der Waals surface area contributed by atoms with Crippen molar-refractivity contribution in [2.75, 3.05) is 5.73 Å². The van der Waals surface area contributed by atoms with E-state index in [4.69, 9.17) is 11.0 Å². The zero-order valence-electron chi connectivity index (χ0n) is 9.74. The van der Waals surface area contributed by atoms with Gasteiger partial charge in [0, 0.05) is 21.9 Å². The fourth-order valence-electron chi connectivity index (χ4n) is 1.52. The number of nitro groups is 1. The lowest BCUT2D eigenvalue weighted by atomic mass is 10.2. The summed E-state index contributed by atoms with van der Waals surface area (Å²) in [6.07, 6.45) is 0. The lowest BCUT2D eigenvalue weighted by Crippen LogP contribution is -1.92. The predicted molar refractivity (Wildman–Crippen MR) is 72.8 cm³/mol. The van der Waals surface area contributed by atoms with E-state index < -0.39 is 4.92 Å². The molecule has 19 heavy (non-hydrogen) atoms. The van der Waals surface area contributed by atoms with Crippen molar-refractivity contribution in [3.05, 3.63) is 58.1 Å². The molecule has 0 fully saturated rings. The zero-order chi connectivity index (χ0) is 13.8. The van der Waals surface area contributed by atoms with Gasteiger partial charge >= 0.3 is 0 Å². The van der Waals surface area contributed by atoms with Gasteiger partial charge in [-0.1, -0.05) is 17.8 Å². The normalized spacial score (nSPS) is 9.84. The Balaban J connectivity index is 2.29. The minimum absolute atomic E-state index is 0.0393. The van der Waals surface area contributed by atoms with E-state index in [0.29, 0.717) is 11.3 Å². The molecule has 0 spiro atoms. The Hall–Kier alpha value is -2.52. The maximum Gasteiger partial charge on any atom is 0.269 e. The Morgan fingerprint density at radius 3 is 2.47 bits per heavy atom. The van der Waals surface area contributed by atoms with E-state index in [9.17, 15) is 10.1 Å². The summed E-state index contributed by atoms with van der Waals surface area (Å²) in [4.78, 5) is 11.7. The molecular formula is C13H9N3O2S. The lowest BCUT2D eigenvalue weighted by molar-refractivity contribution is -0.384.